The predicted molar refractivity (Wildman–Crippen MR) is 80.4 cm³/mol. The lowest BCUT2D eigenvalue weighted by atomic mass is 9.91. The van der Waals surface area contributed by atoms with Crippen molar-refractivity contribution in [1.82, 2.24) is 10.2 Å². The van der Waals surface area contributed by atoms with Gasteiger partial charge in [0.15, 0.2) is 0 Å². The van der Waals surface area contributed by atoms with E-state index in [4.69, 9.17) is 0 Å². The fourth-order valence-electron chi connectivity index (χ4n) is 2.71. The normalized spacial score (nSPS) is 24.9. The van der Waals surface area contributed by atoms with Crippen molar-refractivity contribution in [3.63, 3.8) is 0 Å². The molecule has 2 heterocycles. The maximum Gasteiger partial charge on any atom is 0.249 e. The van der Waals surface area contributed by atoms with Gasteiger partial charge in [-0.25, -0.2) is 0 Å². The molecule has 2 rings (SSSR count). The minimum absolute atomic E-state index is 0.0201. The fourth-order valence-corrected chi connectivity index (χ4v) is 3.72. The molecular weight excluding hydrogens is 272 g/mol. The first-order chi connectivity index (χ1) is 9.39. The molecule has 0 bridgehead atoms. The number of hydrogen-bond donors (Lipinski definition) is 1. The maximum absolute atomic E-state index is 12.8. The Kier molecular flexibility index (Phi) is 4.18. The van der Waals surface area contributed by atoms with Gasteiger partial charge >= 0.3 is 0 Å². The molecule has 0 spiro atoms. The Morgan fingerprint density at radius 1 is 1.45 bits per heavy atom. The molecule has 20 heavy (non-hydrogen) atoms. The van der Waals surface area contributed by atoms with Gasteiger partial charge in [0.1, 0.15) is 12.1 Å². The lowest BCUT2D eigenvalue weighted by Crippen LogP contribution is -2.65. The van der Waals surface area contributed by atoms with Gasteiger partial charge in [0.2, 0.25) is 11.8 Å². The molecule has 2 amide bonds. The third-order valence-electron chi connectivity index (χ3n) is 3.97. The average Bonchev–Trinajstić information content (AvgIpc) is 2.88. The summed E-state index contributed by atoms with van der Waals surface area (Å²) in [6.45, 7) is 8.07. The van der Waals surface area contributed by atoms with Gasteiger partial charge in [0.05, 0.1) is 6.04 Å². The average molecular weight is 294 g/mol. The van der Waals surface area contributed by atoms with Gasteiger partial charge < -0.3 is 10.2 Å². The number of nitrogens with one attached hydrogen (secondary N) is 1. The number of piperazine rings is 1. The van der Waals surface area contributed by atoms with Crippen LogP contribution in [0.15, 0.2) is 17.5 Å². The van der Waals surface area contributed by atoms with Crippen molar-refractivity contribution < 1.29 is 9.59 Å². The second-order valence-corrected chi connectivity index (χ2v) is 6.85. The van der Waals surface area contributed by atoms with Crippen LogP contribution in [0.3, 0.4) is 0 Å². The molecule has 2 atom stereocenters. The lowest BCUT2D eigenvalue weighted by Gasteiger charge is -2.44. The van der Waals surface area contributed by atoms with Crippen molar-refractivity contribution in [2.24, 2.45) is 5.92 Å². The fraction of sp³-hybridized carbons (Fsp3) is 0.600. The van der Waals surface area contributed by atoms with Gasteiger partial charge in [-0.1, -0.05) is 26.8 Å². The SMILES string of the molecule is CCC1(C)NC(=O)CN(C(c2cccs2)C(C)C)C1=O. The highest BCUT2D eigenvalue weighted by atomic mass is 32.1. The molecule has 0 aromatic carbocycles. The molecule has 0 saturated carbocycles. The van der Waals surface area contributed by atoms with E-state index in [1.165, 1.54) is 0 Å². The van der Waals surface area contributed by atoms with Crippen LogP contribution in [-0.2, 0) is 9.59 Å². The third-order valence-corrected chi connectivity index (χ3v) is 4.91. The van der Waals surface area contributed by atoms with Gasteiger partial charge in [-0.05, 0) is 30.7 Å². The zero-order chi connectivity index (χ0) is 14.9. The van der Waals surface area contributed by atoms with Crippen LogP contribution < -0.4 is 5.32 Å². The zero-order valence-electron chi connectivity index (χ0n) is 12.5. The van der Waals surface area contributed by atoms with E-state index in [-0.39, 0.29) is 30.3 Å². The molecule has 1 fully saturated rings. The third kappa shape index (κ3) is 2.59. The lowest BCUT2D eigenvalue weighted by molar-refractivity contribution is -0.153. The maximum atomic E-state index is 12.8. The Hall–Kier alpha value is -1.36. The smallest absolute Gasteiger partial charge is 0.249 e. The van der Waals surface area contributed by atoms with Crippen LogP contribution in [-0.4, -0.2) is 28.8 Å². The molecule has 0 aliphatic carbocycles. The van der Waals surface area contributed by atoms with E-state index in [1.807, 2.05) is 31.4 Å². The van der Waals surface area contributed by atoms with E-state index < -0.39 is 5.54 Å². The quantitative estimate of drug-likeness (QED) is 0.928. The summed E-state index contributed by atoms with van der Waals surface area (Å²) >= 11 is 1.64. The molecule has 2 unspecified atom stereocenters. The molecular formula is C15H22N2O2S. The summed E-state index contributed by atoms with van der Waals surface area (Å²) in [6.07, 6.45) is 0.601. The van der Waals surface area contributed by atoms with Gasteiger partial charge in [0, 0.05) is 4.88 Å². The van der Waals surface area contributed by atoms with E-state index >= 15 is 0 Å². The molecule has 1 aromatic heterocycles. The molecule has 1 aliphatic heterocycles. The summed E-state index contributed by atoms with van der Waals surface area (Å²) in [7, 11) is 0. The van der Waals surface area contributed by atoms with Gasteiger partial charge in [-0.15, -0.1) is 11.3 Å². The first kappa shape index (κ1) is 15.0. The summed E-state index contributed by atoms with van der Waals surface area (Å²) < 4.78 is 0. The van der Waals surface area contributed by atoms with Crippen LogP contribution in [0.25, 0.3) is 0 Å². The molecule has 4 nitrogen and oxygen atoms in total. The van der Waals surface area contributed by atoms with Gasteiger partial charge in [-0.3, -0.25) is 9.59 Å². The van der Waals surface area contributed by atoms with Crippen LogP contribution >= 0.6 is 11.3 Å². The summed E-state index contributed by atoms with van der Waals surface area (Å²) in [6, 6.07) is 4.00. The number of rotatable bonds is 4. The number of nitrogens with zero attached hydrogens (tertiary/aromatic N) is 1. The Labute approximate surface area is 124 Å². The predicted octanol–water partition coefficient (Wildman–Crippen LogP) is 2.57. The van der Waals surface area contributed by atoms with Crippen molar-refractivity contribution in [2.75, 3.05) is 6.54 Å². The molecule has 5 heteroatoms. The van der Waals surface area contributed by atoms with Crippen LogP contribution in [0.4, 0.5) is 0 Å². The Morgan fingerprint density at radius 2 is 2.15 bits per heavy atom. The summed E-state index contributed by atoms with van der Waals surface area (Å²) in [5, 5.41) is 4.85. The highest BCUT2D eigenvalue weighted by Gasteiger charge is 2.45. The second kappa shape index (κ2) is 5.56. The van der Waals surface area contributed by atoms with Crippen molar-refractivity contribution >= 4 is 23.2 Å². The molecule has 1 saturated heterocycles. The van der Waals surface area contributed by atoms with Gasteiger partial charge in [0.25, 0.3) is 0 Å². The van der Waals surface area contributed by atoms with Crippen LogP contribution in [0.2, 0.25) is 0 Å². The van der Waals surface area contributed by atoms with Crippen LogP contribution in [0, 0.1) is 5.92 Å². The first-order valence-corrected chi connectivity index (χ1v) is 7.92. The van der Waals surface area contributed by atoms with E-state index in [1.54, 1.807) is 16.2 Å². The van der Waals surface area contributed by atoms with E-state index in [9.17, 15) is 9.59 Å². The summed E-state index contributed by atoms with van der Waals surface area (Å²) in [5.41, 5.74) is -0.778. The highest BCUT2D eigenvalue weighted by molar-refractivity contribution is 7.10. The van der Waals surface area contributed by atoms with Crippen LogP contribution in [0.5, 0.6) is 0 Å². The topological polar surface area (TPSA) is 49.4 Å². The Bertz CT molecular complexity index is 498. The van der Waals surface area contributed by atoms with Crippen molar-refractivity contribution in [1.29, 1.82) is 0 Å². The molecule has 0 radical (unpaired) electrons. The molecule has 110 valence electrons. The van der Waals surface area contributed by atoms with Gasteiger partial charge in [-0.2, -0.15) is 0 Å². The highest BCUT2D eigenvalue weighted by Crippen LogP contribution is 2.34. The monoisotopic (exact) mass is 294 g/mol. The van der Waals surface area contributed by atoms with Crippen molar-refractivity contribution in [3.8, 4) is 0 Å². The number of carbonyl (C=O) groups excluding carboxylic acids is 2. The summed E-state index contributed by atoms with van der Waals surface area (Å²) in [4.78, 5) is 27.7. The molecule has 1 aromatic rings. The van der Waals surface area contributed by atoms with E-state index in [0.717, 1.165) is 4.88 Å². The minimum atomic E-state index is -0.778. The molecule has 1 N–H and O–H groups in total. The number of thiophene rings is 1. The van der Waals surface area contributed by atoms with Crippen molar-refractivity contribution in [3.05, 3.63) is 22.4 Å². The number of carbonyl (C=O) groups is 2. The standard InChI is InChI=1S/C15H22N2O2S/c1-5-15(4)14(19)17(9-12(18)16-15)13(10(2)3)11-7-6-8-20-11/h6-8,10,13H,5,9H2,1-4H3,(H,16,18). The molecule has 1 aliphatic rings. The van der Waals surface area contributed by atoms with E-state index in [2.05, 4.69) is 19.2 Å². The summed E-state index contributed by atoms with van der Waals surface area (Å²) in [5.74, 6) is 0.215. The Balaban J connectivity index is 2.37. The minimum Gasteiger partial charge on any atom is -0.340 e. The van der Waals surface area contributed by atoms with Crippen LogP contribution in [0.1, 0.15) is 45.0 Å². The first-order valence-electron chi connectivity index (χ1n) is 7.04. The van der Waals surface area contributed by atoms with Crippen molar-refractivity contribution in [2.45, 2.75) is 45.7 Å². The number of hydrogen-bond acceptors (Lipinski definition) is 3. The second-order valence-electron chi connectivity index (χ2n) is 5.87. The zero-order valence-corrected chi connectivity index (χ0v) is 13.3. The largest absolute Gasteiger partial charge is 0.340 e. The number of amides is 2. The van der Waals surface area contributed by atoms with E-state index in [0.29, 0.717) is 6.42 Å². The Morgan fingerprint density at radius 3 is 2.65 bits per heavy atom.